The van der Waals surface area contributed by atoms with E-state index in [1.807, 2.05) is 30.3 Å². The third-order valence-electron chi connectivity index (χ3n) is 4.04. The van der Waals surface area contributed by atoms with Gasteiger partial charge in [0.1, 0.15) is 5.75 Å². The Hall–Kier alpha value is -2.54. The second kappa shape index (κ2) is 7.14. The summed E-state index contributed by atoms with van der Waals surface area (Å²) >= 11 is 0. The van der Waals surface area contributed by atoms with Gasteiger partial charge in [-0.15, -0.1) is 0 Å². The van der Waals surface area contributed by atoms with Crippen molar-refractivity contribution in [3.8, 4) is 5.75 Å². The molecule has 6 nitrogen and oxygen atoms in total. The summed E-state index contributed by atoms with van der Waals surface area (Å²) in [5, 5.41) is 2.80. The van der Waals surface area contributed by atoms with Crippen molar-refractivity contribution in [2.75, 3.05) is 16.6 Å². The second-order valence-electron chi connectivity index (χ2n) is 5.71. The summed E-state index contributed by atoms with van der Waals surface area (Å²) in [6.45, 7) is 1.91. The molecule has 1 unspecified atom stereocenters. The number of carbonyl (C=O) groups is 1. The Labute approximate surface area is 147 Å². The van der Waals surface area contributed by atoms with Crippen molar-refractivity contribution in [1.82, 2.24) is 5.32 Å². The molecule has 2 aromatic carbocycles. The van der Waals surface area contributed by atoms with Crippen molar-refractivity contribution < 1.29 is 17.9 Å². The zero-order valence-electron chi connectivity index (χ0n) is 13.9. The molecule has 0 spiro atoms. The molecule has 3 rings (SSSR count). The van der Waals surface area contributed by atoms with E-state index < -0.39 is 16.1 Å². The van der Waals surface area contributed by atoms with Crippen LogP contribution >= 0.6 is 0 Å². The molecule has 25 heavy (non-hydrogen) atoms. The fraction of sp³-hybridized carbons (Fsp3) is 0.278. The molecule has 0 bridgehead atoms. The quantitative estimate of drug-likeness (QED) is 0.884. The molecule has 132 valence electrons. The van der Waals surface area contributed by atoms with E-state index in [-0.39, 0.29) is 18.2 Å². The fourth-order valence-electron chi connectivity index (χ4n) is 2.66. The molecule has 0 saturated carbocycles. The number of ether oxygens (including phenoxy) is 1. The van der Waals surface area contributed by atoms with Gasteiger partial charge < -0.3 is 10.1 Å². The number of sulfonamides is 1. The summed E-state index contributed by atoms with van der Waals surface area (Å²) in [6.07, 6.45) is -0.889. The van der Waals surface area contributed by atoms with E-state index in [0.29, 0.717) is 18.0 Å². The van der Waals surface area contributed by atoms with Crippen LogP contribution in [0.3, 0.4) is 0 Å². The van der Waals surface area contributed by atoms with Gasteiger partial charge in [-0.1, -0.05) is 42.5 Å². The molecular formula is C18H20N2O4S. The molecule has 0 radical (unpaired) electrons. The molecule has 1 aliphatic heterocycles. The first-order valence-electron chi connectivity index (χ1n) is 8.09. The number of para-hydroxylation sites is 2. The number of carbonyl (C=O) groups excluding carboxylic acids is 1. The van der Waals surface area contributed by atoms with Crippen LogP contribution in [-0.2, 0) is 21.4 Å². The predicted molar refractivity (Wildman–Crippen MR) is 96.0 cm³/mol. The van der Waals surface area contributed by atoms with E-state index in [0.717, 1.165) is 5.56 Å². The van der Waals surface area contributed by atoms with Crippen LogP contribution in [0.2, 0.25) is 0 Å². The SMILES string of the molecule is CCS(=O)(=O)N1CC(C(=O)NCc2ccccc2)Oc2ccccc21. The summed E-state index contributed by atoms with van der Waals surface area (Å²) in [4.78, 5) is 12.5. The minimum Gasteiger partial charge on any atom is -0.476 e. The molecule has 0 aliphatic carbocycles. The van der Waals surface area contributed by atoms with Gasteiger partial charge in [0, 0.05) is 6.54 Å². The lowest BCUT2D eigenvalue weighted by Gasteiger charge is -2.34. The van der Waals surface area contributed by atoms with Crippen LogP contribution in [-0.4, -0.2) is 32.7 Å². The molecule has 1 heterocycles. The normalized spacial score (nSPS) is 16.7. The number of nitrogens with one attached hydrogen (secondary N) is 1. The first-order valence-corrected chi connectivity index (χ1v) is 9.70. The fourth-order valence-corrected chi connectivity index (χ4v) is 3.78. The molecular weight excluding hydrogens is 340 g/mol. The van der Waals surface area contributed by atoms with Gasteiger partial charge in [-0.05, 0) is 24.6 Å². The van der Waals surface area contributed by atoms with Gasteiger partial charge in [0.2, 0.25) is 10.0 Å². The van der Waals surface area contributed by atoms with Gasteiger partial charge in [0.25, 0.3) is 5.91 Å². The van der Waals surface area contributed by atoms with Gasteiger partial charge in [-0.25, -0.2) is 8.42 Å². The Morgan fingerprint density at radius 1 is 1.16 bits per heavy atom. The van der Waals surface area contributed by atoms with Crippen molar-refractivity contribution in [1.29, 1.82) is 0 Å². The average Bonchev–Trinajstić information content (AvgIpc) is 2.66. The van der Waals surface area contributed by atoms with Crippen molar-refractivity contribution in [3.05, 3.63) is 60.2 Å². The smallest absolute Gasteiger partial charge is 0.263 e. The Kier molecular flexibility index (Phi) is 4.94. The third kappa shape index (κ3) is 3.76. The number of amides is 1. The van der Waals surface area contributed by atoms with Gasteiger partial charge in [-0.3, -0.25) is 9.10 Å². The van der Waals surface area contributed by atoms with Crippen LogP contribution in [0.1, 0.15) is 12.5 Å². The van der Waals surface area contributed by atoms with E-state index >= 15 is 0 Å². The van der Waals surface area contributed by atoms with Crippen molar-refractivity contribution >= 4 is 21.6 Å². The van der Waals surface area contributed by atoms with E-state index in [9.17, 15) is 13.2 Å². The molecule has 1 atom stereocenters. The molecule has 0 aromatic heterocycles. The predicted octanol–water partition coefficient (Wildman–Crippen LogP) is 1.92. The Morgan fingerprint density at radius 3 is 2.56 bits per heavy atom. The van der Waals surface area contributed by atoms with E-state index in [1.165, 1.54) is 4.31 Å². The highest BCUT2D eigenvalue weighted by Crippen LogP contribution is 2.35. The molecule has 0 fully saturated rings. The zero-order valence-corrected chi connectivity index (χ0v) is 14.7. The molecule has 2 aromatic rings. The van der Waals surface area contributed by atoms with Crippen LogP contribution in [0.4, 0.5) is 5.69 Å². The Bertz CT molecular complexity index is 852. The van der Waals surface area contributed by atoms with Crippen LogP contribution in [0.25, 0.3) is 0 Å². The minimum atomic E-state index is -3.49. The molecule has 1 aliphatic rings. The number of fused-ring (bicyclic) bond motifs is 1. The summed E-state index contributed by atoms with van der Waals surface area (Å²) in [6, 6.07) is 16.4. The van der Waals surface area contributed by atoms with Crippen molar-refractivity contribution in [3.63, 3.8) is 0 Å². The van der Waals surface area contributed by atoms with E-state index in [1.54, 1.807) is 31.2 Å². The highest BCUT2D eigenvalue weighted by molar-refractivity contribution is 7.92. The highest BCUT2D eigenvalue weighted by atomic mass is 32.2. The lowest BCUT2D eigenvalue weighted by molar-refractivity contribution is -0.127. The second-order valence-corrected chi connectivity index (χ2v) is 7.89. The van der Waals surface area contributed by atoms with Crippen molar-refractivity contribution in [2.45, 2.75) is 19.6 Å². The van der Waals surface area contributed by atoms with E-state index in [2.05, 4.69) is 5.32 Å². The number of benzene rings is 2. The topological polar surface area (TPSA) is 75.7 Å². The van der Waals surface area contributed by atoms with Gasteiger partial charge >= 0.3 is 0 Å². The first kappa shape index (κ1) is 17.3. The van der Waals surface area contributed by atoms with Crippen LogP contribution in [0, 0.1) is 0 Å². The molecule has 1 amide bonds. The third-order valence-corrected chi connectivity index (χ3v) is 5.78. The lowest BCUT2D eigenvalue weighted by Crippen LogP contribution is -2.50. The molecule has 7 heteroatoms. The Balaban J connectivity index is 1.78. The lowest BCUT2D eigenvalue weighted by atomic mass is 10.2. The van der Waals surface area contributed by atoms with E-state index in [4.69, 9.17) is 4.74 Å². The number of rotatable bonds is 5. The van der Waals surface area contributed by atoms with Gasteiger partial charge in [-0.2, -0.15) is 0 Å². The number of hydrogen-bond donors (Lipinski definition) is 1. The summed E-state index contributed by atoms with van der Waals surface area (Å²) in [7, 11) is -3.49. The number of hydrogen-bond acceptors (Lipinski definition) is 4. The summed E-state index contributed by atoms with van der Waals surface area (Å²) in [5.74, 6) is 0.0139. The summed E-state index contributed by atoms with van der Waals surface area (Å²) < 4.78 is 31.8. The van der Waals surface area contributed by atoms with Crippen LogP contribution < -0.4 is 14.4 Å². The van der Waals surface area contributed by atoms with Crippen molar-refractivity contribution in [2.24, 2.45) is 0 Å². The maximum atomic E-state index is 12.5. The standard InChI is InChI=1S/C18H20N2O4S/c1-2-25(22,23)20-13-17(24-16-11-7-6-10-15(16)20)18(21)19-12-14-8-4-3-5-9-14/h3-11,17H,2,12-13H2,1H3,(H,19,21). The van der Waals surface area contributed by atoms with Crippen LogP contribution in [0.15, 0.2) is 54.6 Å². The Morgan fingerprint density at radius 2 is 1.84 bits per heavy atom. The average molecular weight is 360 g/mol. The van der Waals surface area contributed by atoms with Gasteiger partial charge in [0.15, 0.2) is 6.10 Å². The molecule has 0 saturated heterocycles. The summed E-state index contributed by atoms with van der Waals surface area (Å²) in [5.41, 5.74) is 1.43. The number of nitrogens with zero attached hydrogens (tertiary/aromatic N) is 1. The first-order chi connectivity index (χ1) is 12.0. The molecule has 1 N–H and O–H groups in total. The van der Waals surface area contributed by atoms with Crippen LogP contribution in [0.5, 0.6) is 5.75 Å². The maximum absolute atomic E-state index is 12.5. The highest BCUT2D eigenvalue weighted by Gasteiger charge is 2.35. The largest absolute Gasteiger partial charge is 0.476 e. The van der Waals surface area contributed by atoms with Gasteiger partial charge in [0.05, 0.1) is 18.0 Å². The number of anilines is 1. The zero-order chi connectivity index (χ0) is 17.9. The monoisotopic (exact) mass is 360 g/mol. The minimum absolute atomic E-state index is 0.0339. The maximum Gasteiger partial charge on any atom is 0.263 e.